The number of halogens is 1. The summed E-state index contributed by atoms with van der Waals surface area (Å²) in [5.74, 6) is -0.459. The van der Waals surface area contributed by atoms with Crippen LogP contribution in [0.15, 0.2) is 24.3 Å². The Kier molecular flexibility index (Phi) is 4.31. The molecule has 0 amide bonds. The summed E-state index contributed by atoms with van der Waals surface area (Å²) in [4.78, 5) is 0. The van der Waals surface area contributed by atoms with Gasteiger partial charge in [-0.05, 0) is 43.6 Å². The lowest BCUT2D eigenvalue weighted by Crippen LogP contribution is -2.43. The van der Waals surface area contributed by atoms with E-state index in [4.69, 9.17) is 0 Å². The van der Waals surface area contributed by atoms with Gasteiger partial charge in [-0.3, -0.25) is 0 Å². The highest BCUT2D eigenvalue weighted by atomic mass is 32.2. The van der Waals surface area contributed by atoms with E-state index in [1.54, 1.807) is 0 Å². The number of nitrogens with one attached hydrogen (secondary N) is 2. The number of hydrogen-bond donors (Lipinski definition) is 2. The Labute approximate surface area is 107 Å². The second kappa shape index (κ2) is 5.77. The van der Waals surface area contributed by atoms with Gasteiger partial charge in [0.15, 0.2) is 0 Å². The third-order valence-corrected chi connectivity index (χ3v) is 4.36. The molecule has 1 aromatic rings. The lowest BCUT2D eigenvalue weighted by atomic mass is 10.1. The van der Waals surface area contributed by atoms with Crippen LogP contribution < -0.4 is 10.0 Å². The molecule has 0 aliphatic carbocycles. The molecule has 2 rings (SSSR count). The van der Waals surface area contributed by atoms with Crippen molar-refractivity contribution in [3.63, 3.8) is 0 Å². The predicted octanol–water partition coefficient (Wildman–Crippen LogP) is 0.997. The molecule has 1 fully saturated rings. The van der Waals surface area contributed by atoms with E-state index in [2.05, 4.69) is 10.0 Å². The summed E-state index contributed by atoms with van der Waals surface area (Å²) in [6.45, 7) is 1.67. The zero-order valence-corrected chi connectivity index (χ0v) is 10.8. The van der Waals surface area contributed by atoms with E-state index >= 15 is 0 Å². The topological polar surface area (TPSA) is 58.2 Å². The second-order valence-corrected chi connectivity index (χ2v) is 6.28. The van der Waals surface area contributed by atoms with Crippen LogP contribution in [-0.4, -0.2) is 27.5 Å². The van der Waals surface area contributed by atoms with Gasteiger partial charge in [-0.15, -0.1) is 0 Å². The molecular formula is C12H17FN2O2S. The van der Waals surface area contributed by atoms with Gasteiger partial charge in [0.1, 0.15) is 5.82 Å². The molecule has 0 atom stereocenters. The highest BCUT2D eigenvalue weighted by molar-refractivity contribution is 7.88. The Balaban J connectivity index is 1.96. The molecular weight excluding hydrogens is 255 g/mol. The molecule has 4 nitrogen and oxygen atoms in total. The summed E-state index contributed by atoms with van der Waals surface area (Å²) in [6, 6.07) is 5.55. The lowest BCUT2D eigenvalue weighted by molar-refractivity contribution is 0.427. The van der Waals surface area contributed by atoms with Crippen LogP contribution in [0.25, 0.3) is 0 Å². The minimum absolute atomic E-state index is 0.0108. The zero-order valence-electron chi connectivity index (χ0n) is 10.0. The summed E-state index contributed by atoms with van der Waals surface area (Å²) >= 11 is 0. The highest BCUT2D eigenvalue weighted by Crippen LogP contribution is 2.09. The van der Waals surface area contributed by atoms with Crippen molar-refractivity contribution in [2.24, 2.45) is 0 Å². The number of hydrogen-bond acceptors (Lipinski definition) is 3. The second-order valence-electron chi connectivity index (χ2n) is 4.53. The van der Waals surface area contributed by atoms with Crippen LogP contribution in [0.2, 0.25) is 0 Å². The summed E-state index contributed by atoms with van der Waals surface area (Å²) in [5.41, 5.74) is 0.595. The van der Waals surface area contributed by atoms with Crippen LogP contribution in [0.1, 0.15) is 18.4 Å². The Morgan fingerprint density at radius 3 is 2.44 bits per heavy atom. The van der Waals surface area contributed by atoms with Gasteiger partial charge in [-0.25, -0.2) is 17.5 Å². The molecule has 0 aromatic heterocycles. The van der Waals surface area contributed by atoms with Gasteiger partial charge in [-0.1, -0.05) is 12.1 Å². The molecule has 1 heterocycles. The molecule has 0 bridgehead atoms. The maximum atomic E-state index is 12.7. The van der Waals surface area contributed by atoms with Crippen molar-refractivity contribution < 1.29 is 12.8 Å². The first-order chi connectivity index (χ1) is 8.55. The van der Waals surface area contributed by atoms with E-state index < -0.39 is 10.0 Å². The molecule has 1 aliphatic rings. The standard InChI is InChI=1S/C12H17FN2O2S/c13-11-3-1-10(2-4-11)9-18(16,17)15-12-5-7-14-8-6-12/h1-4,12,14-15H,5-9H2. The normalized spacial score (nSPS) is 17.8. The SMILES string of the molecule is O=S(=O)(Cc1ccc(F)cc1)NC1CCNCC1. The van der Waals surface area contributed by atoms with Crippen molar-refractivity contribution in [2.45, 2.75) is 24.6 Å². The summed E-state index contributed by atoms with van der Waals surface area (Å²) in [7, 11) is -3.35. The van der Waals surface area contributed by atoms with Gasteiger partial charge in [0, 0.05) is 6.04 Å². The van der Waals surface area contributed by atoms with Crippen LogP contribution in [0.5, 0.6) is 0 Å². The molecule has 0 saturated carbocycles. The predicted molar refractivity (Wildman–Crippen MR) is 68.1 cm³/mol. The molecule has 0 radical (unpaired) electrons. The summed E-state index contributed by atoms with van der Waals surface area (Å²) in [5, 5.41) is 3.18. The van der Waals surface area contributed by atoms with E-state index in [0.29, 0.717) is 5.56 Å². The smallest absolute Gasteiger partial charge is 0.216 e. The fourth-order valence-electron chi connectivity index (χ4n) is 2.04. The third kappa shape index (κ3) is 4.04. The molecule has 100 valence electrons. The van der Waals surface area contributed by atoms with Crippen LogP contribution >= 0.6 is 0 Å². The summed E-state index contributed by atoms with van der Waals surface area (Å²) in [6.07, 6.45) is 1.62. The number of sulfonamides is 1. The Morgan fingerprint density at radius 1 is 1.22 bits per heavy atom. The first kappa shape index (κ1) is 13.5. The first-order valence-electron chi connectivity index (χ1n) is 6.00. The zero-order chi connectivity index (χ0) is 13.0. The monoisotopic (exact) mass is 272 g/mol. The molecule has 1 aromatic carbocycles. The Bertz CT molecular complexity index is 481. The van der Waals surface area contributed by atoms with Gasteiger partial charge in [0.05, 0.1) is 5.75 Å². The first-order valence-corrected chi connectivity index (χ1v) is 7.65. The average molecular weight is 272 g/mol. The molecule has 1 aliphatic heterocycles. The van der Waals surface area contributed by atoms with Crippen molar-refractivity contribution in [1.29, 1.82) is 0 Å². The fraction of sp³-hybridized carbons (Fsp3) is 0.500. The van der Waals surface area contributed by atoms with Crippen molar-refractivity contribution >= 4 is 10.0 Å². The van der Waals surface area contributed by atoms with Crippen molar-refractivity contribution in [3.8, 4) is 0 Å². The van der Waals surface area contributed by atoms with E-state index in [1.807, 2.05) is 0 Å². The average Bonchev–Trinajstić information content (AvgIpc) is 2.32. The maximum Gasteiger partial charge on any atom is 0.216 e. The van der Waals surface area contributed by atoms with Crippen LogP contribution in [0, 0.1) is 5.82 Å². The molecule has 18 heavy (non-hydrogen) atoms. The highest BCUT2D eigenvalue weighted by Gasteiger charge is 2.20. The van der Waals surface area contributed by atoms with Crippen LogP contribution in [0.4, 0.5) is 4.39 Å². The van der Waals surface area contributed by atoms with Crippen LogP contribution in [-0.2, 0) is 15.8 Å². The molecule has 0 spiro atoms. The quantitative estimate of drug-likeness (QED) is 0.859. The van der Waals surface area contributed by atoms with Crippen LogP contribution in [0.3, 0.4) is 0 Å². The Hall–Kier alpha value is -0.980. The van der Waals surface area contributed by atoms with E-state index in [1.165, 1.54) is 24.3 Å². The van der Waals surface area contributed by atoms with E-state index in [-0.39, 0.29) is 17.6 Å². The molecule has 2 N–H and O–H groups in total. The lowest BCUT2D eigenvalue weighted by Gasteiger charge is -2.23. The van der Waals surface area contributed by atoms with E-state index in [9.17, 15) is 12.8 Å². The van der Waals surface area contributed by atoms with Crippen molar-refractivity contribution in [3.05, 3.63) is 35.6 Å². The fourth-order valence-corrected chi connectivity index (χ4v) is 3.49. The Morgan fingerprint density at radius 2 is 1.83 bits per heavy atom. The minimum atomic E-state index is -3.35. The van der Waals surface area contributed by atoms with E-state index in [0.717, 1.165) is 25.9 Å². The van der Waals surface area contributed by atoms with Gasteiger partial charge in [-0.2, -0.15) is 0 Å². The number of rotatable bonds is 4. The maximum absolute atomic E-state index is 12.7. The van der Waals surface area contributed by atoms with Crippen molar-refractivity contribution in [2.75, 3.05) is 13.1 Å². The number of benzene rings is 1. The largest absolute Gasteiger partial charge is 0.317 e. The summed E-state index contributed by atoms with van der Waals surface area (Å²) < 4.78 is 39.3. The third-order valence-electron chi connectivity index (χ3n) is 2.96. The van der Waals surface area contributed by atoms with Gasteiger partial charge in [0.25, 0.3) is 0 Å². The van der Waals surface area contributed by atoms with Crippen molar-refractivity contribution in [1.82, 2.24) is 10.0 Å². The van der Waals surface area contributed by atoms with Gasteiger partial charge >= 0.3 is 0 Å². The molecule has 6 heteroatoms. The molecule has 1 saturated heterocycles. The molecule has 0 unspecified atom stereocenters. The van der Waals surface area contributed by atoms with Gasteiger partial charge in [0.2, 0.25) is 10.0 Å². The van der Waals surface area contributed by atoms with Gasteiger partial charge < -0.3 is 5.32 Å². The number of piperidine rings is 1. The minimum Gasteiger partial charge on any atom is -0.317 e.